The van der Waals surface area contributed by atoms with E-state index < -0.39 is 0 Å². The number of nitrogens with zero attached hydrogens (tertiary/aromatic N) is 1. The van der Waals surface area contributed by atoms with E-state index in [4.69, 9.17) is 8.83 Å². The summed E-state index contributed by atoms with van der Waals surface area (Å²) >= 11 is 0. The van der Waals surface area contributed by atoms with Crippen LogP contribution in [0.15, 0.2) is 21.1 Å². The minimum Gasteiger partial charge on any atom is -0.466 e. The first-order valence-electron chi connectivity index (χ1n) is 6.43. The van der Waals surface area contributed by atoms with Crippen molar-refractivity contribution in [3.63, 3.8) is 0 Å². The molecule has 0 atom stereocenters. The van der Waals surface area contributed by atoms with Gasteiger partial charge < -0.3 is 14.2 Å². The molecule has 0 unspecified atom stereocenters. The van der Waals surface area contributed by atoms with Gasteiger partial charge in [-0.25, -0.2) is 4.98 Å². The third kappa shape index (κ3) is 3.01. The van der Waals surface area contributed by atoms with Crippen LogP contribution in [0.5, 0.6) is 0 Å². The zero-order chi connectivity index (χ0) is 13.0. The Hall–Kier alpha value is -1.55. The topological polar surface area (TPSA) is 51.2 Å². The molecule has 0 aliphatic carbocycles. The second-order valence-corrected chi connectivity index (χ2v) is 4.45. The average Bonchev–Trinajstić information content (AvgIpc) is 2.91. The van der Waals surface area contributed by atoms with Crippen molar-refractivity contribution in [3.8, 4) is 11.3 Å². The maximum Gasteiger partial charge on any atom is 0.196 e. The van der Waals surface area contributed by atoms with Crippen LogP contribution in [0.25, 0.3) is 11.3 Å². The normalized spacial score (nSPS) is 11.1. The van der Waals surface area contributed by atoms with Crippen molar-refractivity contribution < 1.29 is 8.83 Å². The van der Waals surface area contributed by atoms with E-state index in [2.05, 4.69) is 17.2 Å². The van der Waals surface area contributed by atoms with E-state index in [1.165, 1.54) is 0 Å². The minimum absolute atomic E-state index is 0.770. The summed E-state index contributed by atoms with van der Waals surface area (Å²) in [4.78, 5) is 4.29. The van der Waals surface area contributed by atoms with Gasteiger partial charge in [0.2, 0.25) is 0 Å². The largest absolute Gasteiger partial charge is 0.466 e. The van der Waals surface area contributed by atoms with Gasteiger partial charge in [0.05, 0.1) is 11.8 Å². The van der Waals surface area contributed by atoms with E-state index in [1.54, 1.807) is 6.20 Å². The molecule has 0 fully saturated rings. The Kier molecular flexibility index (Phi) is 4.20. The Balaban J connectivity index is 1.99. The summed E-state index contributed by atoms with van der Waals surface area (Å²) in [6.45, 7) is 7.96. The third-order valence-corrected chi connectivity index (χ3v) is 2.80. The molecular weight excluding hydrogens is 228 g/mol. The zero-order valence-electron chi connectivity index (χ0n) is 11.2. The quantitative estimate of drug-likeness (QED) is 0.798. The molecule has 0 saturated carbocycles. The van der Waals surface area contributed by atoms with Gasteiger partial charge in [-0.15, -0.1) is 0 Å². The summed E-state index contributed by atoms with van der Waals surface area (Å²) in [5.41, 5.74) is 0.993. The Labute approximate surface area is 107 Å². The minimum atomic E-state index is 0.770. The Morgan fingerprint density at radius 3 is 2.72 bits per heavy atom. The van der Waals surface area contributed by atoms with E-state index in [1.807, 2.05) is 19.9 Å². The van der Waals surface area contributed by atoms with Gasteiger partial charge in [0.15, 0.2) is 11.7 Å². The number of aryl methyl sites for hydroxylation is 2. The van der Waals surface area contributed by atoms with Crippen molar-refractivity contribution in [2.45, 2.75) is 33.6 Å². The highest BCUT2D eigenvalue weighted by molar-refractivity contribution is 5.59. The molecule has 0 aromatic carbocycles. The number of furan rings is 1. The molecule has 2 aromatic rings. The summed E-state index contributed by atoms with van der Waals surface area (Å²) in [5, 5.41) is 3.33. The van der Waals surface area contributed by atoms with Crippen molar-refractivity contribution in [2.75, 3.05) is 13.1 Å². The molecule has 0 saturated heterocycles. The third-order valence-electron chi connectivity index (χ3n) is 2.80. The molecule has 2 rings (SSSR count). The predicted octanol–water partition coefficient (Wildman–Crippen LogP) is 3.09. The van der Waals surface area contributed by atoms with Crippen LogP contribution in [0.4, 0.5) is 0 Å². The second-order valence-electron chi connectivity index (χ2n) is 4.45. The van der Waals surface area contributed by atoms with Gasteiger partial charge >= 0.3 is 0 Å². The molecule has 1 N–H and O–H groups in total. The summed E-state index contributed by atoms with van der Waals surface area (Å²) in [7, 11) is 0. The lowest BCUT2D eigenvalue weighted by Gasteiger charge is -1.99. The van der Waals surface area contributed by atoms with Crippen LogP contribution < -0.4 is 5.32 Å². The van der Waals surface area contributed by atoms with Gasteiger partial charge in [0.25, 0.3) is 0 Å². The van der Waals surface area contributed by atoms with Crippen molar-refractivity contribution in [3.05, 3.63) is 29.7 Å². The second kappa shape index (κ2) is 5.87. The first kappa shape index (κ1) is 12.9. The van der Waals surface area contributed by atoms with Crippen LogP contribution in [-0.4, -0.2) is 18.1 Å². The Morgan fingerprint density at radius 1 is 1.22 bits per heavy atom. The van der Waals surface area contributed by atoms with Crippen LogP contribution in [-0.2, 0) is 6.42 Å². The molecule has 0 bridgehead atoms. The first-order chi connectivity index (χ1) is 8.70. The number of rotatable bonds is 6. The van der Waals surface area contributed by atoms with Crippen LogP contribution in [0, 0.1) is 13.8 Å². The maximum atomic E-state index is 5.73. The molecule has 0 aliphatic rings. The fraction of sp³-hybridized carbons (Fsp3) is 0.500. The summed E-state index contributed by atoms with van der Waals surface area (Å²) < 4.78 is 11.2. The number of oxazole rings is 1. The SMILES string of the molecule is CCCNCCc1ncc(-c2cc(C)oc2C)o1. The fourth-order valence-electron chi connectivity index (χ4n) is 1.92. The van der Waals surface area contributed by atoms with Crippen LogP contribution in [0.1, 0.15) is 30.8 Å². The van der Waals surface area contributed by atoms with Crippen molar-refractivity contribution in [2.24, 2.45) is 0 Å². The molecule has 2 aromatic heterocycles. The van der Waals surface area contributed by atoms with E-state index >= 15 is 0 Å². The van der Waals surface area contributed by atoms with E-state index in [0.717, 1.165) is 54.7 Å². The Morgan fingerprint density at radius 2 is 2.06 bits per heavy atom. The Bertz CT molecular complexity index is 500. The van der Waals surface area contributed by atoms with Gasteiger partial charge in [-0.05, 0) is 32.9 Å². The molecule has 0 radical (unpaired) electrons. The number of hydrogen-bond donors (Lipinski definition) is 1. The molecule has 0 amide bonds. The summed E-state index contributed by atoms with van der Waals surface area (Å²) in [6, 6.07) is 1.98. The summed E-state index contributed by atoms with van der Waals surface area (Å²) in [6.07, 6.45) is 3.73. The van der Waals surface area contributed by atoms with Gasteiger partial charge in [0, 0.05) is 13.0 Å². The average molecular weight is 248 g/mol. The predicted molar refractivity (Wildman–Crippen MR) is 70.5 cm³/mol. The lowest BCUT2D eigenvalue weighted by Crippen LogP contribution is -2.17. The molecule has 0 aliphatic heterocycles. The lowest BCUT2D eigenvalue weighted by molar-refractivity contribution is 0.488. The molecule has 0 spiro atoms. The van der Waals surface area contributed by atoms with Crippen molar-refractivity contribution in [1.29, 1.82) is 0 Å². The maximum absolute atomic E-state index is 5.73. The van der Waals surface area contributed by atoms with Gasteiger partial charge in [-0.3, -0.25) is 0 Å². The number of hydrogen-bond acceptors (Lipinski definition) is 4. The van der Waals surface area contributed by atoms with Crippen LogP contribution in [0.3, 0.4) is 0 Å². The molecule has 2 heterocycles. The molecule has 18 heavy (non-hydrogen) atoms. The lowest BCUT2D eigenvalue weighted by atomic mass is 10.2. The summed E-state index contributed by atoms with van der Waals surface area (Å²) in [5.74, 6) is 3.33. The molecule has 4 nitrogen and oxygen atoms in total. The fourth-order valence-corrected chi connectivity index (χ4v) is 1.92. The molecular formula is C14H20N2O2. The van der Waals surface area contributed by atoms with Crippen LogP contribution in [0.2, 0.25) is 0 Å². The smallest absolute Gasteiger partial charge is 0.196 e. The zero-order valence-corrected chi connectivity index (χ0v) is 11.2. The molecule has 4 heteroatoms. The standard InChI is InChI=1S/C14H20N2O2/c1-4-6-15-7-5-14-16-9-13(18-14)12-8-10(2)17-11(12)3/h8-9,15H,4-7H2,1-3H3. The highest BCUT2D eigenvalue weighted by Gasteiger charge is 2.12. The highest BCUT2D eigenvalue weighted by atomic mass is 16.4. The van der Waals surface area contributed by atoms with Crippen molar-refractivity contribution >= 4 is 0 Å². The number of nitrogens with one attached hydrogen (secondary N) is 1. The van der Waals surface area contributed by atoms with E-state index in [9.17, 15) is 0 Å². The van der Waals surface area contributed by atoms with Gasteiger partial charge in [-0.2, -0.15) is 0 Å². The van der Waals surface area contributed by atoms with Crippen LogP contribution >= 0.6 is 0 Å². The number of aromatic nitrogens is 1. The van der Waals surface area contributed by atoms with Gasteiger partial charge in [0.1, 0.15) is 11.5 Å². The van der Waals surface area contributed by atoms with Crippen molar-refractivity contribution in [1.82, 2.24) is 10.3 Å². The van der Waals surface area contributed by atoms with E-state index in [0.29, 0.717) is 0 Å². The highest BCUT2D eigenvalue weighted by Crippen LogP contribution is 2.27. The molecule has 98 valence electrons. The van der Waals surface area contributed by atoms with E-state index in [-0.39, 0.29) is 0 Å². The monoisotopic (exact) mass is 248 g/mol. The van der Waals surface area contributed by atoms with Gasteiger partial charge in [-0.1, -0.05) is 6.92 Å². The first-order valence-corrected chi connectivity index (χ1v) is 6.43.